The molecule has 0 amide bonds. The van der Waals surface area contributed by atoms with Crippen LogP contribution in [-0.2, 0) is 60.0 Å². The summed E-state index contributed by atoms with van der Waals surface area (Å²) in [5.41, 5.74) is -3.87. The number of alkyl halides is 12. The van der Waals surface area contributed by atoms with Crippen LogP contribution in [0.1, 0.15) is 22.3 Å². The summed E-state index contributed by atoms with van der Waals surface area (Å²) in [7, 11) is 13.4. The summed E-state index contributed by atoms with van der Waals surface area (Å²) >= 11 is -2.73. The molecule has 4 aromatic carbocycles. The average Bonchev–Trinajstić information content (AvgIpc) is 3.02. The molecule has 48 heavy (non-hydrogen) atoms. The van der Waals surface area contributed by atoms with Crippen molar-refractivity contribution >= 4 is 49.0 Å². The Balaban J connectivity index is 1.94. The Morgan fingerprint density at radius 2 is 0.521 bits per heavy atom. The van der Waals surface area contributed by atoms with Crippen LogP contribution in [0.2, 0.25) is 0 Å². The fourth-order valence-electron chi connectivity index (χ4n) is 4.74. The third kappa shape index (κ3) is 8.70. The molecule has 0 N–H and O–H groups in total. The van der Waals surface area contributed by atoms with Gasteiger partial charge in [0.2, 0.25) is 0 Å². The van der Waals surface area contributed by atoms with Gasteiger partial charge in [-0.2, -0.15) is 0 Å². The maximum absolute atomic E-state index is 13.4. The Labute approximate surface area is 291 Å². The first kappa shape index (κ1) is 39.7. The first-order chi connectivity index (χ1) is 22.2. The van der Waals surface area contributed by atoms with Gasteiger partial charge in [-0.15, -0.1) is 0 Å². The Kier molecular flexibility index (Phi) is 12.3. The van der Waals surface area contributed by atoms with Gasteiger partial charge in [0.05, 0.1) is 0 Å². The van der Waals surface area contributed by atoms with Gasteiger partial charge >= 0.3 is 293 Å². The van der Waals surface area contributed by atoms with E-state index in [0.717, 1.165) is 48.5 Å². The van der Waals surface area contributed by atoms with Crippen LogP contribution in [0.3, 0.4) is 0 Å². The minimum absolute atomic E-state index is 0.0633. The van der Waals surface area contributed by atoms with E-state index in [-0.39, 0.29) is 12.3 Å². The molecule has 0 aliphatic carbocycles. The van der Waals surface area contributed by atoms with E-state index in [1.165, 1.54) is 48.5 Å². The molecular weight excluding hydrogens is 1120 g/mol. The van der Waals surface area contributed by atoms with Crippen LogP contribution in [0.5, 0.6) is 0 Å². The van der Waals surface area contributed by atoms with E-state index in [1.54, 1.807) is 0 Å². The van der Waals surface area contributed by atoms with Crippen molar-refractivity contribution < 1.29 is 88.0 Å². The minimum atomic E-state index is -4.68. The van der Waals surface area contributed by atoms with Crippen molar-refractivity contribution in [1.29, 1.82) is 0 Å². The molecular formula is C30H20Au2Cl2F12P2. The molecule has 0 heterocycles. The zero-order valence-electron chi connectivity index (χ0n) is 23.4. The van der Waals surface area contributed by atoms with Crippen LogP contribution < -0.4 is 21.2 Å². The normalized spacial score (nSPS) is 13.7. The van der Waals surface area contributed by atoms with Gasteiger partial charge in [0.15, 0.2) is 0 Å². The predicted octanol–water partition coefficient (Wildman–Crippen LogP) is 10.7. The van der Waals surface area contributed by atoms with E-state index in [1.807, 2.05) is 0 Å². The summed E-state index contributed by atoms with van der Waals surface area (Å²) in [5.74, 6) is 0. The molecule has 270 valence electrons. The molecule has 0 radical (unpaired) electrons. The van der Waals surface area contributed by atoms with E-state index in [0.29, 0.717) is 21.2 Å². The number of hydrogen-bond acceptors (Lipinski definition) is 0. The molecule has 0 saturated carbocycles. The van der Waals surface area contributed by atoms with Crippen LogP contribution in [0.4, 0.5) is 52.7 Å². The molecule has 0 nitrogen and oxygen atoms in total. The van der Waals surface area contributed by atoms with Gasteiger partial charge in [0.1, 0.15) is 0 Å². The van der Waals surface area contributed by atoms with Crippen LogP contribution in [0, 0.1) is 0 Å². The van der Waals surface area contributed by atoms with Crippen molar-refractivity contribution in [2.75, 3.05) is 12.3 Å². The van der Waals surface area contributed by atoms with Gasteiger partial charge in [-0.1, -0.05) is 0 Å². The quantitative estimate of drug-likeness (QED) is 0.0983. The van der Waals surface area contributed by atoms with E-state index in [4.69, 9.17) is 18.4 Å². The summed E-state index contributed by atoms with van der Waals surface area (Å²) < 4.78 is 155. The number of halogens is 14. The average molecular weight is 1140 g/mol. The first-order valence-electron chi connectivity index (χ1n) is 13.1. The molecule has 0 aromatic heterocycles. The summed E-state index contributed by atoms with van der Waals surface area (Å²) in [6.45, 7) is 0. The second kappa shape index (κ2) is 14.9. The zero-order valence-corrected chi connectivity index (χ0v) is 31.1. The van der Waals surface area contributed by atoms with Gasteiger partial charge in [-0.05, 0) is 0 Å². The standard InChI is InChI=1S/C30H20F12P2.2Au.2ClH/c31-27(32,33)19-1-9-23(10-2-19)43(24-11-3-20(4-12-24)28(34,35)36)17-18-44(25-13-5-21(6-14-25)29(37,38)39)26-15-7-22(8-16-26)30(40,41)42;;;;/h1-16H,17-18H2;;;2*1H/q;2*+1;;/p-2. The predicted molar refractivity (Wildman–Crippen MR) is 160 cm³/mol. The molecule has 0 aliphatic heterocycles. The van der Waals surface area contributed by atoms with E-state index >= 15 is 0 Å². The molecule has 0 atom stereocenters. The van der Waals surface area contributed by atoms with Gasteiger partial charge in [0, 0.05) is 0 Å². The van der Waals surface area contributed by atoms with Crippen molar-refractivity contribution in [2.24, 2.45) is 0 Å². The second-order valence-corrected chi connectivity index (χ2v) is 33.0. The summed E-state index contributed by atoms with van der Waals surface area (Å²) in [6, 6.07) is 16.5. The van der Waals surface area contributed by atoms with E-state index < -0.39 is 91.6 Å². The van der Waals surface area contributed by atoms with E-state index in [9.17, 15) is 52.7 Å². The zero-order chi connectivity index (χ0) is 35.8. The number of benzene rings is 4. The van der Waals surface area contributed by atoms with Crippen LogP contribution >= 0.6 is 27.8 Å². The van der Waals surface area contributed by atoms with Crippen molar-refractivity contribution in [2.45, 2.75) is 24.7 Å². The third-order valence-electron chi connectivity index (χ3n) is 7.19. The molecule has 0 aliphatic rings. The monoisotopic (exact) mass is 1130 g/mol. The Hall–Kier alpha value is -1.04. The number of hydrogen-bond donors (Lipinski definition) is 0. The van der Waals surface area contributed by atoms with Gasteiger partial charge in [0.25, 0.3) is 0 Å². The summed E-state index contributed by atoms with van der Waals surface area (Å²) in [6.07, 6.45) is -18.6. The van der Waals surface area contributed by atoms with Crippen molar-refractivity contribution in [3.63, 3.8) is 0 Å². The van der Waals surface area contributed by atoms with Crippen LogP contribution in [0.15, 0.2) is 97.1 Å². The van der Waals surface area contributed by atoms with Crippen LogP contribution in [-0.4, -0.2) is 12.3 Å². The first-order valence-corrected chi connectivity index (χ1v) is 27.9. The Morgan fingerprint density at radius 3 is 0.646 bits per heavy atom. The molecule has 0 unspecified atom stereocenters. The molecule has 18 heteroatoms. The second-order valence-electron chi connectivity index (χ2n) is 10.0. The van der Waals surface area contributed by atoms with Crippen molar-refractivity contribution in [3.8, 4) is 0 Å². The molecule has 0 fully saturated rings. The molecule has 4 rings (SSSR count). The molecule has 0 saturated heterocycles. The molecule has 0 bridgehead atoms. The summed E-state index contributed by atoms with van der Waals surface area (Å²) in [4.78, 5) is 0. The van der Waals surface area contributed by atoms with Crippen molar-refractivity contribution in [3.05, 3.63) is 119 Å². The third-order valence-corrected chi connectivity index (χ3v) is 35.7. The van der Waals surface area contributed by atoms with E-state index in [2.05, 4.69) is 0 Å². The fourth-order valence-corrected chi connectivity index (χ4v) is 30.9. The summed E-state index contributed by atoms with van der Waals surface area (Å²) in [5, 5.41) is 1.43. The number of rotatable bonds is 7. The topological polar surface area (TPSA) is 0 Å². The van der Waals surface area contributed by atoms with Crippen molar-refractivity contribution in [1.82, 2.24) is 0 Å². The van der Waals surface area contributed by atoms with Gasteiger partial charge < -0.3 is 0 Å². The van der Waals surface area contributed by atoms with Gasteiger partial charge in [-0.3, -0.25) is 0 Å². The molecule has 4 aromatic rings. The van der Waals surface area contributed by atoms with Gasteiger partial charge in [-0.25, -0.2) is 0 Å². The molecule has 0 spiro atoms. The Bertz CT molecular complexity index is 1570. The fraction of sp³-hybridized carbons (Fsp3) is 0.200. The van der Waals surface area contributed by atoms with Crippen LogP contribution in [0.25, 0.3) is 0 Å². The maximum atomic E-state index is 13.4. The SMILES string of the molecule is FC(F)(F)c1ccc([P](CC[P](=[Au][Cl])(c2ccc(C(F)(F)F)cc2)c2ccc(C(F)(F)F)cc2)(=[Au][Cl])c2ccc(C(F)(F)F)cc2)cc1. The Morgan fingerprint density at radius 1 is 0.354 bits per heavy atom.